The molecule has 1 fully saturated rings. The Kier molecular flexibility index (Phi) is 2.72. The molecule has 1 amide bonds. The molecule has 1 N–H and O–H groups in total. The maximum absolute atomic E-state index is 11.8. The van der Waals surface area contributed by atoms with Gasteiger partial charge in [-0.15, -0.1) is 0 Å². The quantitative estimate of drug-likeness (QED) is 0.770. The van der Waals surface area contributed by atoms with Crippen molar-refractivity contribution in [2.24, 2.45) is 0 Å². The molecule has 1 aromatic rings. The minimum absolute atomic E-state index is 0.0425. The Bertz CT molecular complexity index is 313. The van der Waals surface area contributed by atoms with Crippen molar-refractivity contribution in [3.8, 4) is 0 Å². The first-order valence-corrected chi connectivity index (χ1v) is 5.77. The molecule has 0 saturated carbocycles. The molecule has 0 spiro atoms. The smallest absolute Gasteiger partial charge is 0.291 e. The number of aromatic amines is 1. The van der Waals surface area contributed by atoms with Gasteiger partial charge in [0.2, 0.25) is 5.82 Å². The van der Waals surface area contributed by atoms with Crippen LogP contribution in [-0.2, 0) is 0 Å². The zero-order valence-electron chi connectivity index (χ0n) is 7.93. The Morgan fingerprint density at radius 3 is 3.21 bits per heavy atom. The van der Waals surface area contributed by atoms with Crippen molar-refractivity contribution in [3.63, 3.8) is 0 Å². The van der Waals surface area contributed by atoms with Crippen LogP contribution >= 0.6 is 11.8 Å². The fraction of sp³-hybridized carbons (Fsp3) is 0.625. The number of H-pyrrole nitrogens is 1. The summed E-state index contributed by atoms with van der Waals surface area (Å²) < 4.78 is 0. The Morgan fingerprint density at radius 2 is 2.64 bits per heavy atom. The molecule has 2 rings (SSSR count). The minimum Gasteiger partial charge on any atom is -0.335 e. The second kappa shape index (κ2) is 4.00. The van der Waals surface area contributed by atoms with E-state index in [4.69, 9.17) is 0 Å². The number of aromatic nitrogens is 3. The zero-order chi connectivity index (χ0) is 9.97. The largest absolute Gasteiger partial charge is 0.335 e. The van der Waals surface area contributed by atoms with E-state index in [1.54, 1.807) is 0 Å². The van der Waals surface area contributed by atoms with Crippen molar-refractivity contribution in [1.29, 1.82) is 0 Å². The summed E-state index contributed by atoms with van der Waals surface area (Å²) in [5, 5.41) is 6.82. The van der Waals surface area contributed by atoms with Gasteiger partial charge in [-0.05, 0) is 12.7 Å². The summed E-state index contributed by atoms with van der Waals surface area (Å²) in [5.74, 6) is 0.297. The molecule has 0 aromatic carbocycles. The third-order valence-corrected chi connectivity index (χ3v) is 3.43. The zero-order valence-corrected chi connectivity index (χ0v) is 8.75. The van der Waals surface area contributed by atoms with E-state index in [9.17, 15) is 4.79 Å². The number of nitrogens with zero attached hydrogens (tertiary/aromatic N) is 3. The van der Waals surface area contributed by atoms with Crippen LogP contribution in [0.5, 0.6) is 0 Å². The first-order valence-electron chi connectivity index (χ1n) is 4.48. The summed E-state index contributed by atoms with van der Waals surface area (Å²) >= 11 is 1.81. The van der Waals surface area contributed by atoms with Crippen LogP contribution in [-0.4, -0.2) is 50.6 Å². The van der Waals surface area contributed by atoms with Crippen molar-refractivity contribution in [3.05, 3.63) is 12.2 Å². The Hall–Kier alpha value is -1.04. The Morgan fingerprint density at radius 1 is 1.79 bits per heavy atom. The van der Waals surface area contributed by atoms with Crippen molar-refractivity contribution in [1.82, 2.24) is 20.1 Å². The highest BCUT2D eigenvalue weighted by molar-refractivity contribution is 7.99. The second-order valence-electron chi connectivity index (χ2n) is 3.23. The lowest BCUT2D eigenvalue weighted by molar-refractivity contribution is 0.0782. The van der Waals surface area contributed by atoms with E-state index in [0.717, 1.165) is 19.5 Å². The van der Waals surface area contributed by atoms with Gasteiger partial charge in [0.25, 0.3) is 5.91 Å². The molecule has 0 radical (unpaired) electrons. The van der Waals surface area contributed by atoms with E-state index in [2.05, 4.69) is 21.4 Å². The molecule has 0 bridgehead atoms. The topological polar surface area (TPSA) is 61.9 Å². The standard InChI is InChI=1S/C8H12N4OS/c1-14-6-2-3-12(4-6)8(13)7-9-5-10-11-7/h5-6H,2-4H2,1H3,(H,9,10,11). The number of carbonyl (C=O) groups excluding carboxylic acids is 1. The number of hydrogen-bond acceptors (Lipinski definition) is 4. The first kappa shape index (κ1) is 9.51. The number of amides is 1. The van der Waals surface area contributed by atoms with Gasteiger partial charge in [0.1, 0.15) is 6.33 Å². The van der Waals surface area contributed by atoms with E-state index in [1.807, 2.05) is 16.7 Å². The number of nitrogens with one attached hydrogen (secondary N) is 1. The molecule has 1 atom stereocenters. The van der Waals surface area contributed by atoms with Crippen LogP contribution in [0.25, 0.3) is 0 Å². The van der Waals surface area contributed by atoms with Crippen LogP contribution in [0, 0.1) is 0 Å². The molecule has 14 heavy (non-hydrogen) atoms. The van der Waals surface area contributed by atoms with E-state index < -0.39 is 0 Å². The number of hydrogen-bond donors (Lipinski definition) is 1. The van der Waals surface area contributed by atoms with E-state index in [0.29, 0.717) is 11.1 Å². The third kappa shape index (κ3) is 1.75. The average molecular weight is 212 g/mol. The summed E-state index contributed by atoms with van der Waals surface area (Å²) in [4.78, 5) is 17.4. The predicted molar refractivity (Wildman–Crippen MR) is 54.2 cm³/mol. The minimum atomic E-state index is -0.0425. The van der Waals surface area contributed by atoms with Gasteiger partial charge in [-0.1, -0.05) is 0 Å². The molecule has 76 valence electrons. The van der Waals surface area contributed by atoms with Gasteiger partial charge in [-0.2, -0.15) is 16.9 Å². The van der Waals surface area contributed by atoms with Crippen LogP contribution in [0.2, 0.25) is 0 Å². The van der Waals surface area contributed by atoms with Gasteiger partial charge in [0, 0.05) is 18.3 Å². The molecule has 1 aliphatic heterocycles. The van der Waals surface area contributed by atoms with Crippen LogP contribution in [0.4, 0.5) is 0 Å². The number of likely N-dealkylation sites (tertiary alicyclic amines) is 1. The van der Waals surface area contributed by atoms with Crippen molar-refractivity contribution in [2.75, 3.05) is 19.3 Å². The van der Waals surface area contributed by atoms with Gasteiger partial charge in [-0.25, -0.2) is 4.98 Å². The van der Waals surface area contributed by atoms with Crippen LogP contribution in [0.1, 0.15) is 17.0 Å². The van der Waals surface area contributed by atoms with Crippen LogP contribution < -0.4 is 0 Å². The van der Waals surface area contributed by atoms with Gasteiger partial charge < -0.3 is 4.90 Å². The Balaban J connectivity index is 2.00. The van der Waals surface area contributed by atoms with Crippen LogP contribution in [0.3, 0.4) is 0 Å². The molecule has 5 nitrogen and oxygen atoms in total. The molecular weight excluding hydrogens is 200 g/mol. The predicted octanol–water partition coefficient (Wildman–Crippen LogP) is 0.382. The maximum atomic E-state index is 11.8. The van der Waals surface area contributed by atoms with Gasteiger partial charge in [0.05, 0.1) is 0 Å². The first-order chi connectivity index (χ1) is 6.81. The molecule has 1 aliphatic rings. The Labute approximate surface area is 86.3 Å². The molecule has 0 aliphatic carbocycles. The molecule has 1 aromatic heterocycles. The van der Waals surface area contributed by atoms with Gasteiger partial charge in [0.15, 0.2) is 0 Å². The normalized spacial score (nSPS) is 21.5. The van der Waals surface area contributed by atoms with E-state index >= 15 is 0 Å². The highest BCUT2D eigenvalue weighted by atomic mass is 32.2. The lowest BCUT2D eigenvalue weighted by Gasteiger charge is -2.13. The van der Waals surface area contributed by atoms with Crippen LogP contribution in [0.15, 0.2) is 6.33 Å². The molecule has 1 saturated heterocycles. The lowest BCUT2D eigenvalue weighted by atomic mass is 10.4. The third-order valence-electron chi connectivity index (χ3n) is 2.38. The van der Waals surface area contributed by atoms with Gasteiger partial charge in [-0.3, -0.25) is 9.89 Å². The molecule has 6 heteroatoms. The second-order valence-corrected chi connectivity index (χ2v) is 4.37. The monoisotopic (exact) mass is 212 g/mol. The van der Waals surface area contributed by atoms with Crippen molar-refractivity contribution < 1.29 is 4.79 Å². The summed E-state index contributed by atoms with van der Waals surface area (Å²) in [6.07, 6.45) is 4.50. The molecular formula is C8H12N4OS. The molecule has 2 heterocycles. The van der Waals surface area contributed by atoms with E-state index in [-0.39, 0.29) is 5.91 Å². The number of carbonyl (C=O) groups is 1. The summed E-state index contributed by atoms with van der Waals surface area (Å²) in [6.45, 7) is 1.64. The summed E-state index contributed by atoms with van der Waals surface area (Å²) in [7, 11) is 0. The van der Waals surface area contributed by atoms with Crippen molar-refractivity contribution in [2.45, 2.75) is 11.7 Å². The lowest BCUT2D eigenvalue weighted by Crippen LogP contribution is -2.29. The molecule has 1 unspecified atom stereocenters. The summed E-state index contributed by atoms with van der Waals surface area (Å²) in [6, 6.07) is 0. The SMILES string of the molecule is CSC1CCN(C(=O)c2ncn[nH]2)C1. The summed E-state index contributed by atoms with van der Waals surface area (Å²) in [5.41, 5.74) is 0. The maximum Gasteiger partial charge on any atom is 0.291 e. The van der Waals surface area contributed by atoms with E-state index in [1.165, 1.54) is 6.33 Å². The fourth-order valence-corrected chi connectivity index (χ4v) is 2.23. The van der Waals surface area contributed by atoms with Crippen molar-refractivity contribution >= 4 is 17.7 Å². The van der Waals surface area contributed by atoms with Gasteiger partial charge >= 0.3 is 0 Å². The highest BCUT2D eigenvalue weighted by Crippen LogP contribution is 2.20. The fourth-order valence-electron chi connectivity index (χ4n) is 1.56. The highest BCUT2D eigenvalue weighted by Gasteiger charge is 2.27. The number of thioether (sulfide) groups is 1. The average Bonchev–Trinajstić information content (AvgIpc) is 2.88. The number of rotatable bonds is 2.